The average Bonchev–Trinajstić information content (AvgIpc) is 2.81. The summed E-state index contributed by atoms with van der Waals surface area (Å²) in [4.78, 5) is 1.39. The van der Waals surface area contributed by atoms with E-state index >= 15 is 0 Å². The third-order valence-electron chi connectivity index (χ3n) is 2.32. The molecule has 0 amide bonds. The van der Waals surface area contributed by atoms with E-state index in [2.05, 4.69) is 29.8 Å². The first-order valence-corrected chi connectivity index (χ1v) is 6.56. The van der Waals surface area contributed by atoms with Crippen LogP contribution in [0.5, 0.6) is 0 Å². The largest absolute Gasteiger partial charge is 0.382 e. The summed E-state index contributed by atoms with van der Waals surface area (Å²) in [5.41, 5.74) is 0. The van der Waals surface area contributed by atoms with Crippen molar-refractivity contribution in [1.82, 2.24) is 5.32 Å². The Balaban J connectivity index is 1.95. The van der Waals surface area contributed by atoms with Crippen molar-refractivity contribution in [2.24, 2.45) is 0 Å². The van der Waals surface area contributed by atoms with Crippen LogP contribution >= 0.6 is 11.3 Å². The van der Waals surface area contributed by atoms with E-state index in [0.29, 0.717) is 19.3 Å². The normalized spacial score (nSPS) is 12.9. The van der Waals surface area contributed by atoms with Gasteiger partial charge in [-0.25, -0.2) is 0 Å². The average molecular weight is 243 g/mol. The second-order valence-electron chi connectivity index (χ2n) is 3.65. The summed E-state index contributed by atoms with van der Waals surface area (Å²) < 4.78 is 10.3. The zero-order valence-electron chi connectivity index (χ0n) is 10.1. The third-order valence-corrected chi connectivity index (χ3v) is 3.37. The standard InChI is InChI=1S/C12H21NO2S/c1-11(12-5-3-10-16-12)13-6-4-7-15-9-8-14-2/h3,5,10-11,13H,4,6-9H2,1-2H3. The van der Waals surface area contributed by atoms with Crippen LogP contribution in [0.15, 0.2) is 17.5 Å². The lowest BCUT2D eigenvalue weighted by Crippen LogP contribution is -2.20. The van der Waals surface area contributed by atoms with Crippen LogP contribution in [-0.4, -0.2) is 33.5 Å². The molecule has 0 saturated heterocycles. The van der Waals surface area contributed by atoms with E-state index in [4.69, 9.17) is 9.47 Å². The molecule has 1 aromatic heterocycles. The van der Waals surface area contributed by atoms with Gasteiger partial charge in [-0.1, -0.05) is 6.07 Å². The maximum absolute atomic E-state index is 5.38. The second kappa shape index (κ2) is 8.70. The Bertz CT molecular complexity index is 252. The Morgan fingerprint density at radius 2 is 2.25 bits per heavy atom. The molecule has 0 fully saturated rings. The molecule has 1 unspecified atom stereocenters. The van der Waals surface area contributed by atoms with E-state index in [1.165, 1.54) is 4.88 Å². The first-order valence-electron chi connectivity index (χ1n) is 5.68. The zero-order chi connectivity index (χ0) is 11.6. The van der Waals surface area contributed by atoms with Gasteiger partial charge in [0.1, 0.15) is 0 Å². The molecular formula is C12H21NO2S. The topological polar surface area (TPSA) is 30.5 Å². The Hall–Kier alpha value is -0.420. The van der Waals surface area contributed by atoms with Gasteiger partial charge in [0.2, 0.25) is 0 Å². The minimum atomic E-state index is 0.443. The van der Waals surface area contributed by atoms with E-state index in [-0.39, 0.29) is 0 Å². The third kappa shape index (κ3) is 5.61. The van der Waals surface area contributed by atoms with Gasteiger partial charge in [-0.05, 0) is 31.3 Å². The maximum atomic E-state index is 5.38. The number of methoxy groups -OCH3 is 1. The summed E-state index contributed by atoms with van der Waals surface area (Å²) in [6.07, 6.45) is 1.04. The fourth-order valence-corrected chi connectivity index (χ4v) is 2.13. The van der Waals surface area contributed by atoms with Crippen molar-refractivity contribution in [2.75, 3.05) is 33.5 Å². The molecule has 3 nitrogen and oxygen atoms in total. The minimum absolute atomic E-state index is 0.443. The lowest BCUT2D eigenvalue weighted by Gasteiger charge is -2.11. The molecule has 0 aliphatic rings. The first kappa shape index (κ1) is 13.6. The van der Waals surface area contributed by atoms with Gasteiger partial charge in [0.05, 0.1) is 13.2 Å². The molecule has 4 heteroatoms. The highest BCUT2D eigenvalue weighted by molar-refractivity contribution is 7.10. The molecule has 1 heterocycles. The SMILES string of the molecule is COCCOCCCNC(C)c1cccs1. The van der Waals surface area contributed by atoms with Gasteiger partial charge in [-0.2, -0.15) is 0 Å². The highest BCUT2D eigenvalue weighted by Gasteiger charge is 2.03. The fraction of sp³-hybridized carbons (Fsp3) is 0.667. The van der Waals surface area contributed by atoms with Crippen molar-refractivity contribution in [1.29, 1.82) is 0 Å². The summed E-state index contributed by atoms with van der Waals surface area (Å²) in [7, 11) is 1.69. The van der Waals surface area contributed by atoms with Gasteiger partial charge in [0, 0.05) is 24.6 Å². The molecule has 1 rings (SSSR count). The smallest absolute Gasteiger partial charge is 0.0700 e. The number of rotatable bonds is 9. The van der Waals surface area contributed by atoms with Crippen molar-refractivity contribution in [2.45, 2.75) is 19.4 Å². The highest BCUT2D eigenvalue weighted by Crippen LogP contribution is 2.17. The summed E-state index contributed by atoms with van der Waals surface area (Å²) in [6, 6.07) is 4.70. The maximum Gasteiger partial charge on any atom is 0.0700 e. The first-order chi connectivity index (χ1) is 7.84. The van der Waals surface area contributed by atoms with Gasteiger partial charge in [-0.15, -0.1) is 11.3 Å². The summed E-state index contributed by atoms with van der Waals surface area (Å²) in [6.45, 7) is 5.35. The number of thiophene rings is 1. The quantitative estimate of drug-likeness (QED) is 0.676. The number of nitrogens with one attached hydrogen (secondary N) is 1. The fourth-order valence-electron chi connectivity index (χ4n) is 1.38. The van der Waals surface area contributed by atoms with Crippen LogP contribution < -0.4 is 5.32 Å². The van der Waals surface area contributed by atoms with Crippen LogP contribution in [0.25, 0.3) is 0 Å². The zero-order valence-corrected chi connectivity index (χ0v) is 10.9. The van der Waals surface area contributed by atoms with Gasteiger partial charge >= 0.3 is 0 Å². The van der Waals surface area contributed by atoms with Crippen LogP contribution in [0.2, 0.25) is 0 Å². The molecule has 92 valence electrons. The van der Waals surface area contributed by atoms with Crippen LogP contribution in [-0.2, 0) is 9.47 Å². The predicted molar refractivity (Wildman–Crippen MR) is 68.0 cm³/mol. The number of hydrogen-bond donors (Lipinski definition) is 1. The minimum Gasteiger partial charge on any atom is -0.382 e. The molecule has 0 aliphatic carbocycles. The molecule has 0 bridgehead atoms. The second-order valence-corrected chi connectivity index (χ2v) is 4.63. The summed E-state index contributed by atoms with van der Waals surface area (Å²) in [5.74, 6) is 0. The van der Waals surface area contributed by atoms with Gasteiger partial charge in [-0.3, -0.25) is 0 Å². The Labute approximate surface area is 102 Å². The van der Waals surface area contributed by atoms with Crippen LogP contribution in [0, 0.1) is 0 Å². The Kier molecular flexibility index (Phi) is 7.42. The van der Waals surface area contributed by atoms with E-state index in [1.54, 1.807) is 18.4 Å². The molecule has 1 N–H and O–H groups in total. The molecule has 16 heavy (non-hydrogen) atoms. The van der Waals surface area contributed by atoms with Crippen LogP contribution in [0.4, 0.5) is 0 Å². The van der Waals surface area contributed by atoms with E-state index < -0.39 is 0 Å². The van der Waals surface area contributed by atoms with E-state index in [1.807, 2.05) is 0 Å². The van der Waals surface area contributed by atoms with Crippen molar-refractivity contribution in [3.8, 4) is 0 Å². The Morgan fingerprint density at radius 3 is 2.94 bits per heavy atom. The lowest BCUT2D eigenvalue weighted by atomic mass is 10.2. The highest BCUT2D eigenvalue weighted by atomic mass is 32.1. The molecular weight excluding hydrogens is 222 g/mol. The molecule has 1 atom stereocenters. The van der Waals surface area contributed by atoms with E-state index in [9.17, 15) is 0 Å². The summed E-state index contributed by atoms with van der Waals surface area (Å²) in [5, 5.41) is 5.59. The Morgan fingerprint density at radius 1 is 1.38 bits per heavy atom. The van der Waals surface area contributed by atoms with Gasteiger partial charge in [0.15, 0.2) is 0 Å². The monoisotopic (exact) mass is 243 g/mol. The van der Waals surface area contributed by atoms with E-state index in [0.717, 1.165) is 19.6 Å². The van der Waals surface area contributed by atoms with Crippen LogP contribution in [0.3, 0.4) is 0 Å². The molecule has 0 aromatic carbocycles. The molecule has 0 aliphatic heterocycles. The summed E-state index contributed by atoms with van der Waals surface area (Å²) >= 11 is 1.80. The van der Waals surface area contributed by atoms with Crippen molar-refractivity contribution < 1.29 is 9.47 Å². The van der Waals surface area contributed by atoms with Crippen molar-refractivity contribution in [3.05, 3.63) is 22.4 Å². The number of hydrogen-bond acceptors (Lipinski definition) is 4. The van der Waals surface area contributed by atoms with Gasteiger partial charge in [0.25, 0.3) is 0 Å². The lowest BCUT2D eigenvalue weighted by molar-refractivity contribution is 0.0693. The van der Waals surface area contributed by atoms with Crippen molar-refractivity contribution >= 4 is 11.3 Å². The predicted octanol–water partition coefficient (Wildman–Crippen LogP) is 2.45. The number of ether oxygens (including phenoxy) is 2. The molecule has 0 saturated carbocycles. The van der Waals surface area contributed by atoms with Crippen LogP contribution in [0.1, 0.15) is 24.3 Å². The molecule has 0 spiro atoms. The van der Waals surface area contributed by atoms with Crippen molar-refractivity contribution in [3.63, 3.8) is 0 Å². The molecule has 1 aromatic rings. The molecule has 0 radical (unpaired) electrons. The van der Waals surface area contributed by atoms with Gasteiger partial charge < -0.3 is 14.8 Å².